The molecule has 0 spiro atoms. The van der Waals surface area contributed by atoms with Crippen LogP contribution in [0.1, 0.15) is 5.56 Å². The fourth-order valence-corrected chi connectivity index (χ4v) is 2.46. The van der Waals surface area contributed by atoms with Gasteiger partial charge in [-0.05, 0) is 30.2 Å². The quantitative estimate of drug-likeness (QED) is 0.617. The van der Waals surface area contributed by atoms with Crippen LogP contribution in [0, 0.1) is 15.9 Å². The summed E-state index contributed by atoms with van der Waals surface area (Å²) in [7, 11) is -3.72. The van der Waals surface area contributed by atoms with Crippen molar-refractivity contribution in [2.45, 2.75) is 11.3 Å². The molecule has 2 aromatic rings. The van der Waals surface area contributed by atoms with E-state index in [1.807, 2.05) is 0 Å². The lowest BCUT2D eigenvalue weighted by molar-refractivity contribution is -0.385. The van der Waals surface area contributed by atoms with Crippen molar-refractivity contribution in [3.8, 4) is 0 Å². The van der Waals surface area contributed by atoms with Crippen LogP contribution in [-0.2, 0) is 16.4 Å². The summed E-state index contributed by atoms with van der Waals surface area (Å²) in [6.45, 7) is 0.378. The number of nitro benzene ring substituents is 1. The van der Waals surface area contributed by atoms with E-state index in [1.165, 1.54) is 24.3 Å². The van der Waals surface area contributed by atoms with Crippen molar-refractivity contribution in [2.75, 3.05) is 11.9 Å². The number of nitrogens with two attached hydrogens (primary N) is 1. The molecule has 0 heterocycles. The van der Waals surface area contributed by atoms with E-state index in [9.17, 15) is 22.9 Å². The summed E-state index contributed by atoms with van der Waals surface area (Å²) in [4.78, 5) is 9.89. The average molecular weight is 339 g/mol. The Morgan fingerprint density at radius 1 is 1.17 bits per heavy atom. The van der Waals surface area contributed by atoms with Gasteiger partial charge in [0.05, 0.1) is 21.6 Å². The molecular weight excluding hydrogens is 325 g/mol. The third kappa shape index (κ3) is 4.47. The van der Waals surface area contributed by atoms with Crippen molar-refractivity contribution < 1.29 is 17.7 Å². The topological polar surface area (TPSA) is 115 Å². The molecule has 9 heteroatoms. The Bertz CT molecular complexity index is 822. The fourth-order valence-electron chi connectivity index (χ4n) is 1.95. The van der Waals surface area contributed by atoms with Crippen LogP contribution in [-0.4, -0.2) is 19.9 Å². The van der Waals surface area contributed by atoms with Crippen LogP contribution in [0.25, 0.3) is 0 Å². The maximum atomic E-state index is 13.7. The highest BCUT2D eigenvalue weighted by Gasteiger charge is 2.10. The Kier molecular flexibility index (Phi) is 4.92. The molecule has 0 aromatic heterocycles. The Balaban J connectivity index is 1.96. The van der Waals surface area contributed by atoms with E-state index in [4.69, 9.17) is 5.14 Å². The highest BCUT2D eigenvalue weighted by atomic mass is 32.2. The van der Waals surface area contributed by atoms with E-state index in [0.717, 1.165) is 11.6 Å². The molecule has 0 aliphatic heterocycles. The van der Waals surface area contributed by atoms with Gasteiger partial charge in [-0.1, -0.05) is 12.1 Å². The van der Waals surface area contributed by atoms with Crippen molar-refractivity contribution in [1.29, 1.82) is 0 Å². The number of nitrogens with one attached hydrogen (secondary N) is 1. The van der Waals surface area contributed by atoms with Crippen LogP contribution >= 0.6 is 0 Å². The second kappa shape index (κ2) is 6.71. The number of rotatable bonds is 6. The summed E-state index contributed by atoms with van der Waals surface area (Å²) in [5.41, 5.74) is 0.690. The minimum Gasteiger partial charge on any atom is -0.382 e. The molecule has 7 nitrogen and oxygen atoms in total. The van der Waals surface area contributed by atoms with Gasteiger partial charge in [-0.2, -0.15) is 0 Å². The lowest BCUT2D eigenvalue weighted by atomic mass is 10.1. The smallest absolute Gasteiger partial charge is 0.272 e. The summed E-state index contributed by atoms with van der Waals surface area (Å²) >= 11 is 0. The normalized spacial score (nSPS) is 11.2. The summed E-state index contributed by atoms with van der Waals surface area (Å²) in [5, 5.41) is 18.4. The van der Waals surface area contributed by atoms with Gasteiger partial charge >= 0.3 is 0 Å². The van der Waals surface area contributed by atoms with Crippen molar-refractivity contribution in [2.24, 2.45) is 5.14 Å². The van der Waals surface area contributed by atoms with Gasteiger partial charge in [0.2, 0.25) is 10.0 Å². The summed E-state index contributed by atoms with van der Waals surface area (Å²) in [6, 6.07) is 9.41. The number of nitrogens with zero attached hydrogens (tertiary/aromatic N) is 1. The first-order valence-corrected chi connectivity index (χ1v) is 8.11. The molecule has 0 radical (unpaired) electrons. The van der Waals surface area contributed by atoms with Crippen LogP contribution in [0.3, 0.4) is 0 Å². The molecule has 0 aliphatic carbocycles. The zero-order chi connectivity index (χ0) is 17.0. The van der Waals surface area contributed by atoms with Gasteiger partial charge in [0.15, 0.2) is 5.82 Å². The van der Waals surface area contributed by atoms with Crippen LogP contribution in [0.5, 0.6) is 0 Å². The van der Waals surface area contributed by atoms with Gasteiger partial charge in [-0.3, -0.25) is 10.1 Å². The molecule has 0 aliphatic rings. The molecule has 0 saturated carbocycles. The van der Waals surface area contributed by atoms with E-state index in [2.05, 4.69) is 5.32 Å². The standard InChI is InChI=1S/C14H14FN3O4S/c15-13-9-11(18(19)20)3-6-14(13)17-8-7-10-1-4-12(5-2-10)23(16,21)22/h1-6,9,17H,7-8H2,(H2,16,21,22). The largest absolute Gasteiger partial charge is 0.382 e. The molecule has 2 rings (SSSR count). The monoisotopic (exact) mass is 339 g/mol. The number of benzene rings is 2. The SMILES string of the molecule is NS(=O)(=O)c1ccc(CCNc2ccc([N+](=O)[O-])cc2F)cc1. The van der Waals surface area contributed by atoms with E-state index < -0.39 is 20.8 Å². The minimum atomic E-state index is -3.72. The highest BCUT2D eigenvalue weighted by Crippen LogP contribution is 2.20. The molecule has 0 bridgehead atoms. The molecule has 0 atom stereocenters. The summed E-state index contributed by atoms with van der Waals surface area (Å²) in [5.74, 6) is -0.705. The van der Waals surface area contributed by atoms with E-state index in [-0.39, 0.29) is 16.3 Å². The summed E-state index contributed by atoms with van der Waals surface area (Å²) < 4.78 is 35.9. The molecule has 23 heavy (non-hydrogen) atoms. The zero-order valence-electron chi connectivity index (χ0n) is 11.9. The average Bonchev–Trinajstić information content (AvgIpc) is 2.48. The molecule has 2 aromatic carbocycles. The first-order valence-electron chi connectivity index (χ1n) is 6.57. The molecule has 0 saturated heterocycles. The number of non-ortho nitro benzene ring substituents is 1. The minimum absolute atomic E-state index is 0.0237. The van der Waals surface area contributed by atoms with Gasteiger partial charge in [0.1, 0.15) is 0 Å². The predicted octanol–water partition coefficient (Wildman–Crippen LogP) is 2.04. The number of hydrogen-bond donors (Lipinski definition) is 2. The van der Waals surface area contributed by atoms with Crippen LogP contribution < -0.4 is 10.5 Å². The maximum absolute atomic E-state index is 13.7. The summed E-state index contributed by atoms with van der Waals surface area (Å²) in [6.07, 6.45) is 0.515. The Morgan fingerprint density at radius 2 is 1.83 bits per heavy atom. The number of anilines is 1. The lowest BCUT2D eigenvalue weighted by Gasteiger charge is -2.08. The van der Waals surface area contributed by atoms with Crippen molar-refractivity contribution in [3.63, 3.8) is 0 Å². The Hall–Kier alpha value is -2.52. The fraction of sp³-hybridized carbons (Fsp3) is 0.143. The Morgan fingerprint density at radius 3 is 2.35 bits per heavy atom. The number of nitro groups is 1. The number of sulfonamides is 1. The van der Waals surface area contributed by atoms with Crippen molar-refractivity contribution >= 4 is 21.4 Å². The molecule has 3 N–H and O–H groups in total. The third-order valence-corrected chi connectivity index (χ3v) is 4.07. The number of hydrogen-bond acceptors (Lipinski definition) is 5. The van der Waals surface area contributed by atoms with E-state index >= 15 is 0 Å². The van der Waals surface area contributed by atoms with Crippen LogP contribution in [0.2, 0.25) is 0 Å². The highest BCUT2D eigenvalue weighted by molar-refractivity contribution is 7.89. The molecule has 0 unspecified atom stereocenters. The predicted molar refractivity (Wildman–Crippen MR) is 83.1 cm³/mol. The van der Waals surface area contributed by atoms with Crippen LogP contribution in [0.15, 0.2) is 47.4 Å². The first kappa shape index (κ1) is 16.8. The molecule has 122 valence electrons. The third-order valence-electron chi connectivity index (χ3n) is 3.14. The van der Waals surface area contributed by atoms with Gasteiger partial charge in [-0.25, -0.2) is 17.9 Å². The maximum Gasteiger partial charge on any atom is 0.272 e. The second-order valence-corrected chi connectivity index (χ2v) is 6.35. The number of primary sulfonamides is 1. The van der Waals surface area contributed by atoms with E-state index in [0.29, 0.717) is 13.0 Å². The Labute approximate surface area is 132 Å². The van der Waals surface area contributed by atoms with Crippen molar-refractivity contribution in [3.05, 3.63) is 64.0 Å². The van der Waals surface area contributed by atoms with Crippen LogP contribution in [0.4, 0.5) is 15.8 Å². The van der Waals surface area contributed by atoms with Gasteiger partial charge in [-0.15, -0.1) is 0 Å². The van der Waals surface area contributed by atoms with Gasteiger partial charge < -0.3 is 5.32 Å². The lowest BCUT2D eigenvalue weighted by Crippen LogP contribution is -2.12. The van der Waals surface area contributed by atoms with Gasteiger partial charge in [0, 0.05) is 12.6 Å². The van der Waals surface area contributed by atoms with E-state index in [1.54, 1.807) is 12.1 Å². The molecule has 0 amide bonds. The van der Waals surface area contributed by atoms with Crippen molar-refractivity contribution in [1.82, 2.24) is 0 Å². The van der Waals surface area contributed by atoms with Gasteiger partial charge in [0.25, 0.3) is 5.69 Å². The molecular formula is C14H14FN3O4S. The number of halogens is 1. The zero-order valence-corrected chi connectivity index (χ0v) is 12.7. The molecule has 0 fully saturated rings. The second-order valence-electron chi connectivity index (χ2n) is 4.79. The first-order chi connectivity index (χ1) is 10.8.